The van der Waals surface area contributed by atoms with Crippen molar-refractivity contribution >= 4 is 12.0 Å². The monoisotopic (exact) mass is 271 g/mol. The first kappa shape index (κ1) is 15.8. The Bertz CT molecular complexity index is 302. The fourth-order valence-electron chi connectivity index (χ4n) is 2.20. The molecule has 1 fully saturated rings. The number of rotatable bonds is 5. The molecule has 2 amide bonds. The molecule has 1 aliphatic rings. The van der Waals surface area contributed by atoms with E-state index in [2.05, 4.69) is 10.6 Å². The average Bonchev–Trinajstić information content (AvgIpc) is 2.40. The Morgan fingerprint density at radius 2 is 1.95 bits per heavy atom. The number of nitrogens with zero attached hydrogens (tertiary/aromatic N) is 1. The number of carbonyl (C=O) groups excluding carboxylic acids is 2. The molecule has 0 radical (unpaired) electrons. The zero-order valence-corrected chi connectivity index (χ0v) is 12.1. The number of piperidine rings is 1. The van der Waals surface area contributed by atoms with Crippen molar-refractivity contribution in [3.63, 3.8) is 0 Å². The molecule has 0 bridgehead atoms. The third-order valence-electron chi connectivity index (χ3n) is 3.25. The van der Waals surface area contributed by atoms with Gasteiger partial charge < -0.3 is 20.3 Å². The molecule has 1 aliphatic heterocycles. The molecule has 1 saturated heterocycles. The lowest BCUT2D eigenvalue weighted by molar-refractivity contribution is -0.122. The molecule has 1 heterocycles. The van der Waals surface area contributed by atoms with Crippen molar-refractivity contribution in [3.05, 3.63) is 0 Å². The van der Waals surface area contributed by atoms with Crippen LogP contribution in [0, 0.1) is 0 Å². The van der Waals surface area contributed by atoms with E-state index in [0.717, 1.165) is 12.8 Å². The van der Waals surface area contributed by atoms with Gasteiger partial charge >= 0.3 is 6.09 Å². The van der Waals surface area contributed by atoms with Crippen LogP contribution >= 0.6 is 0 Å². The van der Waals surface area contributed by atoms with Crippen molar-refractivity contribution in [2.24, 2.45) is 0 Å². The van der Waals surface area contributed by atoms with Gasteiger partial charge in [-0.25, -0.2) is 4.79 Å². The molecule has 1 atom stereocenters. The Labute approximate surface area is 114 Å². The van der Waals surface area contributed by atoms with E-state index in [1.165, 1.54) is 0 Å². The number of likely N-dealkylation sites (tertiary alicyclic amines) is 1. The molecule has 0 saturated carbocycles. The highest BCUT2D eigenvalue weighted by Crippen LogP contribution is 2.12. The van der Waals surface area contributed by atoms with Gasteiger partial charge in [-0.05, 0) is 33.6 Å². The molecule has 0 aromatic carbocycles. The highest BCUT2D eigenvalue weighted by Gasteiger charge is 2.25. The summed E-state index contributed by atoms with van der Waals surface area (Å²) in [6, 6.07) is 0.0855. The summed E-state index contributed by atoms with van der Waals surface area (Å²) in [5, 5.41) is 6.10. The van der Waals surface area contributed by atoms with Crippen LogP contribution in [-0.2, 0) is 9.53 Å². The minimum absolute atomic E-state index is 0.0234. The van der Waals surface area contributed by atoms with E-state index in [1.807, 2.05) is 13.8 Å². The van der Waals surface area contributed by atoms with Gasteiger partial charge in [0.15, 0.2) is 0 Å². The number of likely N-dealkylation sites (N-methyl/N-ethyl adjacent to an activating group) is 1. The molecule has 0 aromatic heterocycles. The summed E-state index contributed by atoms with van der Waals surface area (Å²) in [6.45, 7) is 7.99. The van der Waals surface area contributed by atoms with Crippen molar-refractivity contribution in [3.8, 4) is 0 Å². The highest BCUT2D eigenvalue weighted by atomic mass is 16.6. The van der Waals surface area contributed by atoms with Crippen LogP contribution in [0.1, 0.15) is 33.6 Å². The first-order valence-electron chi connectivity index (χ1n) is 7.03. The summed E-state index contributed by atoms with van der Waals surface area (Å²) in [7, 11) is 0. The molecule has 110 valence electrons. The molecule has 0 aliphatic carbocycles. The van der Waals surface area contributed by atoms with Crippen molar-refractivity contribution in [2.75, 3.05) is 26.2 Å². The summed E-state index contributed by atoms with van der Waals surface area (Å²) >= 11 is 0. The summed E-state index contributed by atoms with van der Waals surface area (Å²) in [4.78, 5) is 24.9. The van der Waals surface area contributed by atoms with E-state index in [9.17, 15) is 9.59 Å². The normalized spacial score (nSPS) is 17.9. The van der Waals surface area contributed by atoms with Crippen molar-refractivity contribution in [1.29, 1.82) is 0 Å². The fraction of sp³-hybridized carbons (Fsp3) is 0.846. The summed E-state index contributed by atoms with van der Waals surface area (Å²) in [6.07, 6.45) is 1.46. The van der Waals surface area contributed by atoms with Gasteiger partial charge in [0.25, 0.3) is 0 Å². The number of hydrogen-bond donors (Lipinski definition) is 2. The van der Waals surface area contributed by atoms with Crippen LogP contribution in [0.25, 0.3) is 0 Å². The number of ether oxygens (including phenoxy) is 1. The minimum atomic E-state index is -0.238. The largest absolute Gasteiger partial charge is 0.450 e. The van der Waals surface area contributed by atoms with Crippen LogP contribution in [-0.4, -0.2) is 55.2 Å². The second-order valence-corrected chi connectivity index (χ2v) is 4.74. The third kappa shape index (κ3) is 5.06. The van der Waals surface area contributed by atoms with Crippen molar-refractivity contribution < 1.29 is 14.3 Å². The molecule has 0 aromatic rings. The van der Waals surface area contributed by atoms with Gasteiger partial charge in [-0.15, -0.1) is 0 Å². The van der Waals surface area contributed by atoms with Gasteiger partial charge in [0.2, 0.25) is 5.91 Å². The lowest BCUT2D eigenvalue weighted by Crippen LogP contribution is -2.51. The Balaban J connectivity index is 2.30. The van der Waals surface area contributed by atoms with Gasteiger partial charge in [0.1, 0.15) is 0 Å². The second kappa shape index (κ2) is 7.99. The zero-order valence-electron chi connectivity index (χ0n) is 12.1. The summed E-state index contributed by atoms with van der Waals surface area (Å²) in [5.74, 6) is 0.0234. The molecule has 6 nitrogen and oxygen atoms in total. The molecular formula is C13H25N3O3. The molecule has 1 unspecified atom stereocenters. The highest BCUT2D eigenvalue weighted by molar-refractivity contribution is 5.81. The fourth-order valence-corrected chi connectivity index (χ4v) is 2.20. The molecule has 0 spiro atoms. The van der Waals surface area contributed by atoms with Crippen LogP contribution < -0.4 is 10.6 Å². The van der Waals surface area contributed by atoms with Crippen LogP contribution in [0.3, 0.4) is 0 Å². The van der Waals surface area contributed by atoms with Gasteiger partial charge in [0, 0.05) is 25.7 Å². The van der Waals surface area contributed by atoms with E-state index in [4.69, 9.17) is 4.74 Å². The van der Waals surface area contributed by atoms with E-state index < -0.39 is 0 Å². The maximum absolute atomic E-state index is 11.6. The maximum Gasteiger partial charge on any atom is 0.409 e. The summed E-state index contributed by atoms with van der Waals surface area (Å²) in [5.41, 5.74) is 0. The predicted octanol–water partition coefficient (Wildman–Crippen LogP) is 0.722. The SMILES string of the molecule is CCNC(=O)C(C)NC1CCN(C(=O)OCC)CC1. The molecule has 19 heavy (non-hydrogen) atoms. The predicted molar refractivity (Wildman–Crippen MR) is 72.9 cm³/mol. The molecular weight excluding hydrogens is 246 g/mol. The maximum atomic E-state index is 11.6. The Hall–Kier alpha value is -1.30. The summed E-state index contributed by atoms with van der Waals surface area (Å²) < 4.78 is 4.97. The number of nitrogens with one attached hydrogen (secondary N) is 2. The standard InChI is InChI=1S/C13H25N3O3/c1-4-14-12(17)10(3)15-11-6-8-16(9-7-11)13(18)19-5-2/h10-11,15H,4-9H2,1-3H3,(H,14,17). The Morgan fingerprint density at radius 1 is 1.32 bits per heavy atom. The smallest absolute Gasteiger partial charge is 0.409 e. The lowest BCUT2D eigenvalue weighted by Gasteiger charge is -2.33. The van der Waals surface area contributed by atoms with Gasteiger partial charge in [-0.2, -0.15) is 0 Å². The van der Waals surface area contributed by atoms with Crippen LogP contribution in [0.4, 0.5) is 4.79 Å². The van der Waals surface area contributed by atoms with Crippen molar-refractivity contribution in [2.45, 2.75) is 45.7 Å². The van der Waals surface area contributed by atoms with Gasteiger partial charge in [0.05, 0.1) is 12.6 Å². The van der Waals surface area contributed by atoms with Crippen molar-refractivity contribution in [1.82, 2.24) is 15.5 Å². The van der Waals surface area contributed by atoms with E-state index in [0.29, 0.717) is 26.2 Å². The molecule has 6 heteroatoms. The first-order valence-corrected chi connectivity index (χ1v) is 7.03. The van der Waals surface area contributed by atoms with Gasteiger partial charge in [-0.3, -0.25) is 4.79 Å². The lowest BCUT2D eigenvalue weighted by atomic mass is 10.0. The van der Waals surface area contributed by atoms with Crippen LogP contribution in [0.5, 0.6) is 0 Å². The quantitative estimate of drug-likeness (QED) is 0.773. The topological polar surface area (TPSA) is 70.7 Å². The number of carbonyl (C=O) groups is 2. The van der Waals surface area contributed by atoms with Crippen LogP contribution in [0.15, 0.2) is 0 Å². The first-order chi connectivity index (χ1) is 9.08. The Morgan fingerprint density at radius 3 is 2.47 bits per heavy atom. The van der Waals surface area contributed by atoms with Gasteiger partial charge in [-0.1, -0.05) is 0 Å². The Kier molecular flexibility index (Phi) is 6.62. The van der Waals surface area contributed by atoms with Crippen LogP contribution in [0.2, 0.25) is 0 Å². The molecule has 1 rings (SSSR count). The minimum Gasteiger partial charge on any atom is -0.450 e. The number of hydrogen-bond acceptors (Lipinski definition) is 4. The van der Waals surface area contributed by atoms with E-state index in [1.54, 1.807) is 11.8 Å². The second-order valence-electron chi connectivity index (χ2n) is 4.74. The van der Waals surface area contributed by atoms with E-state index in [-0.39, 0.29) is 24.1 Å². The molecule has 2 N–H and O–H groups in total. The third-order valence-corrected chi connectivity index (χ3v) is 3.25. The number of amides is 2. The average molecular weight is 271 g/mol. The van der Waals surface area contributed by atoms with E-state index >= 15 is 0 Å². The zero-order chi connectivity index (χ0) is 14.3.